The molecule has 32 heavy (non-hydrogen) atoms. The zero-order valence-corrected chi connectivity index (χ0v) is 18.1. The van der Waals surface area contributed by atoms with Crippen LogP contribution in [-0.2, 0) is 4.79 Å². The van der Waals surface area contributed by atoms with Gasteiger partial charge >= 0.3 is 0 Å². The van der Waals surface area contributed by atoms with Crippen LogP contribution in [0.5, 0.6) is 11.6 Å². The van der Waals surface area contributed by atoms with Crippen molar-refractivity contribution >= 4 is 28.8 Å². The molecule has 2 N–H and O–H groups in total. The van der Waals surface area contributed by atoms with Crippen molar-refractivity contribution in [2.24, 2.45) is 5.10 Å². The number of hydrazone groups is 1. The highest BCUT2D eigenvalue weighted by atomic mass is 16.5. The molecule has 1 amide bonds. The van der Waals surface area contributed by atoms with E-state index in [1.54, 1.807) is 12.1 Å². The topological polar surface area (TPSA) is 99.9 Å². The molecule has 0 bridgehead atoms. The van der Waals surface area contributed by atoms with Gasteiger partial charge in [-0.3, -0.25) is 4.79 Å². The first-order valence-electron chi connectivity index (χ1n) is 10.9. The minimum Gasteiger partial charge on any atom is -0.507 e. The van der Waals surface area contributed by atoms with E-state index in [4.69, 9.17) is 4.74 Å². The molecule has 1 fully saturated rings. The van der Waals surface area contributed by atoms with Crippen molar-refractivity contribution in [3.8, 4) is 11.6 Å². The smallest absolute Gasteiger partial charge is 0.278 e. The molecule has 4 rings (SSSR count). The number of phenolic OH excluding ortho intramolecular Hbond substituents is 1. The number of anilines is 1. The van der Waals surface area contributed by atoms with Crippen LogP contribution in [0.2, 0.25) is 0 Å². The lowest BCUT2D eigenvalue weighted by Crippen LogP contribution is -2.27. The molecule has 2 heterocycles. The fraction of sp³-hybridized carbons (Fsp3) is 0.333. The van der Waals surface area contributed by atoms with Gasteiger partial charge in [0.15, 0.2) is 6.61 Å². The molecule has 0 saturated carbocycles. The van der Waals surface area contributed by atoms with Crippen molar-refractivity contribution < 1.29 is 14.6 Å². The Bertz CT molecular complexity index is 1120. The van der Waals surface area contributed by atoms with Gasteiger partial charge in [-0.15, -0.1) is 0 Å². The third-order valence-electron chi connectivity index (χ3n) is 5.39. The highest BCUT2D eigenvalue weighted by Gasteiger charge is 2.15. The third-order valence-corrected chi connectivity index (χ3v) is 5.39. The minimum absolute atomic E-state index is 0.0930. The van der Waals surface area contributed by atoms with E-state index < -0.39 is 5.91 Å². The number of phenols is 1. The normalized spacial score (nSPS) is 14.5. The van der Waals surface area contributed by atoms with Crippen molar-refractivity contribution in [3.63, 3.8) is 0 Å². The molecule has 0 atom stereocenters. The summed E-state index contributed by atoms with van der Waals surface area (Å²) >= 11 is 0. The molecule has 166 valence electrons. The number of benzene rings is 2. The first-order chi connectivity index (χ1) is 15.6. The van der Waals surface area contributed by atoms with Gasteiger partial charge in [0.2, 0.25) is 11.8 Å². The first kappa shape index (κ1) is 21.5. The first-order valence-corrected chi connectivity index (χ1v) is 10.9. The van der Waals surface area contributed by atoms with Crippen LogP contribution >= 0.6 is 0 Å². The standard InChI is InChI=1S/C24H27N5O3/c1-17-14-23(27-24(26-17)29-12-6-2-3-7-13-29)32-16-22(31)28-25-15-20-19-9-5-4-8-18(19)10-11-21(20)30/h4-5,8-11,14-15,30H,2-3,6-7,12-13,16H2,1H3,(H,28,31). The number of nitrogens with zero attached hydrogens (tertiary/aromatic N) is 4. The maximum Gasteiger partial charge on any atom is 0.278 e. The minimum atomic E-state index is -0.423. The summed E-state index contributed by atoms with van der Waals surface area (Å²) in [6, 6.07) is 12.8. The number of hydrogen-bond acceptors (Lipinski definition) is 7. The largest absolute Gasteiger partial charge is 0.507 e. The quantitative estimate of drug-likeness (QED) is 0.456. The van der Waals surface area contributed by atoms with Crippen molar-refractivity contribution in [2.45, 2.75) is 32.6 Å². The number of ether oxygens (including phenoxy) is 1. The highest BCUT2D eigenvalue weighted by molar-refractivity contribution is 6.02. The molecule has 1 aliphatic rings. The number of aryl methyl sites for hydroxylation is 1. The number of aromatic hydroxyl groups is 1. The number of aromatic nitrogens is 2. The van der Waals surface area contributed by atoms with E-state index in [0.717, 1.165) is 42.4 Å². The molecule has 1 aliphatic heterocycles. The number of hydrogen-bond donors (Lipinski definition) is 2. The summed E-state index contributed by atoms with van der Waals surface area (Å²) in [5.74, 6) is 0.679. The van der Waals surface area contributed by atoms with E-state index in [2.05, 4.69) is 25.4 Å². The van der Waals surface area contributed by atoms with Crippen LogP contribution in [0.3, 0.4) is 0 Å². The summed E-state index contributed by atoms with van der Waals surface area (Å²) in [6.45, 7) is 3.52. The lowest BCUT2D eigenvalue weighted by atomic mass is 10.0. The van der Waals surface area contributed by atoms with Gasteiger partial charge in [0.1, 0.15) is 5.75 Å². The molecular formula is C24H27N5O3. The summed E-state index contributed by atoms with van der Waals surface area (Å²) < 4.78 is 5.59. The van der Waals surface area contributed by atoms with Crippen LogP contribution in [0.4, 0.5) is 5.95 Å². The Hall–Kier alpha value is -3.68. The molecule has 8 heteroatoms. The van der Waals surface area contributed by atoms with Crippen LogP contribution in [0.1, 0.15) is 36.9 Å². The van der Waals surface area contributed by atoms with Crippen molar-refractivity contribution in [1.82, 2.24) is 15.4 Å². The molecule has 1 saturated heterocycles. The number of carbonyl (C=O) groups is 1. The van der Waals surface area contributed by atoms with Gasteiger partial charge in [-0.05, 0) is 36.6 Å². The second-order valence-corrected chi connectivity index (χ2v) is 7.85. The summed E-state index contributed by atoms with van der Waals surface area (Å²) in [6.07, 6.45) is 6.13. The predicted molar refractivity (Wildman–Crippen MR) is 124 cm³/mol. The Morgan fingerprint density at radius 1 is 1.16 bits per heavy atom. The molecule has 0 unspecified atom stereocenters. The second kappa shape index (κ2) is 10.1. The highest BCUT2D eigenvalue weighted by Crippen LogP contribution is 2.25. The number of rotatable bonds is 6. The molecule has 2 aromatic carbocycles. The van der Waals surface area contributed by atoms with Crippen LogP contribution in [-0.4, -0.2) is 46.9 Å². The van der Waals surface area contributed by atoms with E-state index in [1.165, 1.54) is 19.1 Å². The van der Waals surface area contributed by atoms with E-state index in [1.807, 2.05) is 37.3 Å². The molecule has 8 nitrogen and oxygen atoms in total. The van der Waals surface area contributed by atoms with Gasteiger partial charge in [0, 0.05) is 30.4 Å². The molecule has 3 aromatic rings. The Morgan fingerprint density at radius 3 is 2.75 bits per heavy atom. The number of fused-ring (bicyclic) bond motifs is 1. The third kappa shape index (κ3) is 5.32. The Labute approximate surface area is 186 Å². The SMILES string of the molecule is Cc1cc(OCC(=O)NN=Cc2c(O)ccc3ccccc23)nc(N2CCCCCC2)n1. The van der Waals surface area contributed by atoms with E-state index >= 15 is 0 Å². The summed E-state index contributed by atoms with van der Waals surface area (Å²) in [7, 11) is 0. The van der Waals surface area contributed by atoms with Crippen molar-refractivity contribution in [3.05, 3.63) is 53.7 Å². The number of amides is 1. The van der Waals surface area contributed by atoms with E-state index in [0.29, 0.717) is 17.4 Å². The summed E-state index contributed by atoms with van der Waals surface area (Å²) in [5, 5.41) is 16.0. The lowest BCUT2D eigenvalue weighted by molar-refractivity contribution is -0.123. The predicted octanol–water partition coefficient (Wildman–Crippen LogP) is 3.55. The van der Waals surface area contributed by atoms with Crippen LogP contribution < -0.4 is 15.1 Å². The Morgan fingerprint density at radius 2 is 1.94 bits per heavy atom. The van der Waals surface area contributed by atoms with Crippen LogP contribution in [0.25, 0.3) is 10.8 Å². The average Bonchev–Trinajstić information content (AvgIpc) is 3.08. The molecule has 0 spiro atoms. The monoisotopic (exact) mass is 433 g/mol. The van der Waals surface area contributed by atoms with E-state index in [-0.39, 0.29) is 12.4 Å². The Kier molecular flexibility index (Phi) is 6.79. The fourth-order valence-corrected chi connectivity index (χ4v) is 3.77. The van der Waals surface area contributed by atoms with Gasteiger partial charge < -0.3 is 14.7 Å². The summed E-state index contributed by atoms with van der Waals surface area (Å²) in [4.78, 5) is 23.4. The van der Waals surface area contributed by atoms with Gasteiger partial charge in [0.05, 0.1) is 6.21 Å². The lowest BCUT2D eigenvalue weighted by Gasteiger charge is -2.20. The van der Waals surface area contributed by atoms with Gasteiger partial charge in [-0.25, -0.2) is 10.4 Å². The van der Waals surface area contributed by atoms with Crippen LogP contribution in [0.15, 0.2) is 47.6 Å². The average molecular weight is 434 g/mol. The van der Waals surface area contributed by atoms with E-state index in [9.17, 15) is 9.90 Å². The molecule has 0 aliphatic carbocycles. The zero-order valence-electron chi connectivity index (χ0n) is 18.1. The number of carbonyl (C=O) groups excluding carboxylic acids is 1. The van der Waals surface area contributed by atoms with Crippen molar-refractivity contribution in [1.29, 1.82) is 0 Å². The molecule has 0 radical (unpaired) electrons. The molecular weight excluding hydrogens is 406 g/mol. The second-order valence-electron chi connectivity index (χ2n) is 7.85. The zero-order chi connectivity index (χ0) is 22.3. The maximum atomic E-state index is 12.2. The van der Waals surface area contributed by atoms with Crippen molar-refractivity contribution in [2.75, 3.05) is 24.6 Å². The number of nitrogens with one attached hydrogen (secondary N) is 1. The van der Waals surface area contributed by atoms with Gasteiger partial charge in [0.25, 0.3) is 5.91 Å². The van der Waals surface area contributed by atoms with Crippen LogP contribution in [0, 0.1) is 6.92 Å². The summed E-state index contributed by atoms with van der Waals surface area (Å²) in [5.41, 5.74) is 3.77. The van der Waals surface area contributed by atoms with Gasteiger partial charge in [-0.2, -0.15) is 10.1 Å². The fourth-order valence-electron chi connectivity index (χ4n) is 3.77. The molecule has 1 aromatic heterocycles. The van der Waals surface area contributed by atoms with Gasteiger partial charge in [-0.1, -0.05) is 43.2 Å². The maximum absolute atomic E-state index is 12.2. The Balaban J connectivity index is 1.37.